The van der Waals surface area contributed by atoms with E-state index in [1.165, 1.54) is 12.1 Å². The number of rotatable bonds is 6. The van der Waals surface area contributed by atoms with E-state index in [0.717, 1.165) is 0 Å². The molecule has 0 radical (unpaired) electrons. The van der Waals surface area contributed by atoms with Gasteiger partial charge in [-0.2, -0.15) is 4.72 Å². The van der Waals surface area contributed by atoms with E-state index in [4.69, 9.17) is 17.3 Å². The predicted octanol–water partition coefficient (Wildman–Crippen LogP) is 1.52. The lowest BCUT2D eigenvalue weighted by molar-refractivity contribution is -0.120. The highest BCUT2D eigenvalue weighted by molar-refractivity contribution is 7.89. The summed E-state index contributed by atoms with van der Waals surface area (Å²) in [6, 6.07) is 5.08. The standard InChI is InChI=1S/C12H17ClN2O3S/c1-3-8(2)11(12(14)16)15-19(17,18)10-7-5-4-6-9(10)13/h4-8,11,15H,3H2,1-2H3,(H2,14,16). The Bertz CT molecular complexity index is 560. The van der Waals surface area contributed by atoms with Crippen LogP contribution in [0.5, 0.6) is 0 Å². The quantitative estimate of drug-likeness (QED) is 0.835. The Balaban J connectivity index is 3.08. The topological polar surface area (TPSA) is 89.3 Å². The van der Waals surface area contributed by atoms with Crippen molar-refractivity contribution in [3.8, 4) is 0 Å². The second kappa shape index (κ2) is 6.36. The van der Waals surface area contributed by atoms with E-state index in [2.05, 4.69) is 4.72 Å². The van der Waals surface area contributed by atoms with Crippen LogP contribution in [0.3, 0.4) is 0 Å². The first kappa shape index (κ1) is 15.9. The number of hydrogen-bond donors (Lipinski definition) is 2. The lowest BCUT2D eigenvalue weighted by Crippen LogP contribution is -2.48. The summed E-state index contributed by atoms with van der Waals surface area (Å²) in [7, 11) is -3.87. The first-order chi connectivity index (χ1) is 8.79. The van der Waals surface area contributed by atoms with Crippen molar-refractivity contribution in [2.45, 2.75) is 31.2 Å². The van der Waals surface area contributed by atoms with Gasteiger partial charge in [0.1, 0.15) is 10.9 Å². The monoisotopic (exact) mass is 304 g/mol. The van der Waals surface area contributed by atoms with Crippen LogP contribution in [0, 0.1) is 5.92 Å². The molecule has 19 heavy (non-hydrogen) atoms. The second-order valence-corrected chi connectivity index (χ2v) is 6.41. The van der Waals surface area contributed by atoms with E-state index >= 15 is 0 Å². The smallest absolute Gasteiger partial charge is 0.242 e. The number of nitrogens with two attached hydrogens (primary N) is 1. The van der Waals surface area contributed by atoms with Crippen LogP contribution in [0.2, 0.25) is 5.02 Å². The SMILES string of the molecule is CCC(C)C(NS(=O)(=O)c1ccccc1Cl)C(N)=O. The fourth-order valence-electron chi connectivity index (χ4n) is 1.58. The average molecular weight is 305 g/mol. The molecule has 1 aromatic carbocycles. The minimum atomic E-state index is -3.87. The molecule has 0 bridgehead atoms. The van der Waals surface area contributed by atoms with E-state index in [0.29, 0.717) is 6.42 Å². The molecule has 0 saturated carbocycles. The number of halogens is 1. The first-order valence-corrected chi connectivity index (χ1v) is 7.72. The third-order valence-corrected chi connectivity index (χ3v) is 4.87. The van der Waals surface area contributed by atoms with Gasteiger partial charge in [-0.1, -0.05) is 44.0 Å². The Morgan fingerprint density at radius 1 is 1.42 bits per heavy atom. The van der Waals surface area contributed by atoms with Crippen LogP contribution in [0.15, 0.2) is 29.2 Å². The summed E-state index contributed by atoms with van der Waals surface area (Å²) in [6.07, 6.45) is 0.624. The zero-order chi connectivity index (χ0) is 14.6. The van der Waals surface area contributed by atoms with E-state index in [-0.39, 0.29) is 15.8 Å². The molecule has 0 saturated heterocycles. The first-order valence-electron chi connectivity index (χ1n) is 5.85. The van der Waals surface area contributed by atoms with Crippen LogP contribution in [0.4, 0.5) is 0 Å². The van der Waals surface area contributed by atoms with Crippen molar-refractivity contribution >= 4 is 27.5 Å². The molecule has 0 aliphatic rings. The summed E-state index contributed by atoms with van der Waals surface area (Å²) in [5.74, 6) is -0.903. The Hall–Kier alpha value is -1.11. The zero-order valence-corrected chi connectivity index (χ0v) is 12.3. The normalized spacial score (nSPS) is 14.9. The zero-order valence-electron chi connectivity index (χ0n) is 10.8. The molecule has 0 heterocycles. The molecule has 7 heteroatoms. The summed E-state index contributed by atoms with van der Waals surface area (Å²) in [6.45, 7) is 3.61. The second-order valence-electron chi connectivity index (χ2n) is 4.32. The number of primary amides is 1. The summed E-state index contributed by atoms with van der Waals surface area (Å²) in [4.78, 5) is 11.3. The van der Waals surface area contributed by atoms with Crippen molar-refractivity contribution in [1.82, 2.24) is 4.72 Å². The molecule has 0 aliphatic carbocycles. The molecule has 1 aromatic rings. The highest BCUT2D eigenvalue weighted by Crippen LogP contribution is 2.21. The van der Waals surface area contributed by atoms with Gasteiger partial charge in [0.2, 0.25) is 15.9 Å². The number of sulfonamides is 1. The molecule has 1 amide bonds. The summed E-state index contributed by atoms with van der Waals surface area (Å²) < 4.78 is 26.7. The maximum absolute atomic E-state index is 12.2. The van der Waals surface area contributed by atoms with E-state index in [1.807, 2.05) is 6.92 Å². The molecular formula is C12H17ClN2O3S. The summed E-state index contributed by atoms with van der Waals surface area (Å²) in [5.41, 5.74) is 5.24. The molecule has 2 atom stereocenters. The lowest BCUT2D eigenvalue weighted by Gasteiger charge is -2.21. The highest BCUT2D eigenvalue weighted by atomic mass is 35.5. The Kier molecular flexibility index (Phi) is 5.34. The van der Waals surface area contributed by atoms with Crippen molar-refractivity contribution in [3.63, 3.8) is 0 Å². The highest BCUT2D eigenvalue weighted by Gasteiger charge is 2.28. The average Bonchev–Trinajstić information content (AvgIpc) is 2.35. The van der Waals surface area contributed by atoms with Gasteiger partial charge >= 0.3 is 0 Å². The van der Waals surface area contributed by atoms with Crippen LogP contribution >= 0.6 is 11.6 Å². The van der Waals surface area contributed by atoms with Crippen molar-refractivity contribution in [2.75, 3.05) is 0 Å². The van der Waals surface area contributed by atoms with Crippen LogP contribution in [-0.4, -0.2) is 20.4 Å². The summed E-state index contributed by atoms with van der Waals surface area (Å²) in [5, 5.41) is 0.0994. The largest absolute Gasteiger partial charge is 0.368 e. The number of hydrogen-bond acceptors (Lipinski definition) is 3. The van der Waals surface area contributed by atoms with Crippen LogP contribution in [0.25, 0.3) is 0 Å². The van der Waals surface area contributed by atoms with Gasteiger partial charge in [0.15, 0.2) is 0 Å². The van der Waals surface area contributed by atoms with E-state index in [1.54, 1.807) is 19.1 Å². The number of carbonyl (C=O) groups is 1. The van der Waals surface area contributed by atoms with Crippen LogP contribution < -0.4 is 10.5 Å². The molecule has 106 valence electrons. The third-order valence-electron chi connectivity index (χ3n) is 2.93. The molecule has 5 nitrogen and oxygen atoms in total. The van der Waals surface area contributed by atoms with Gasteiger partial charge < -0.3 is 5.73 Å². The minimum Gasteiger partial charge on any atom is -0.368 e. The maximum atomic E-state index is 12.2. The summed E-state index contributed by atoms with van der Waals surface area (Å²) >= 11 is 5.85. The van der Waals surface area contributed by atoms with Crippen molar-refractivity contribution in [3.05, 3.63) is 29.3 Å². The molecular weight excluding hydrogens is 288 g/mol. The van der Waals surface area contributed by atoms with Crippen LogP contribution in [-0.2, 0) is 14.8 Å². The predicted molar refractivity (Wildman–Crippen MR) is 74.2 cm³/mol. The van der Waals surface area contributed by atoms with E-state index < -0.39 is 22.0 Å². The number of nitrogens with one attached hydrogen (secondary N) is 1. The molecule has 1 rings (SSSR count). The molecule has 2 unspecified atom stereocenters. The van der Waals surface area contributed by atoms with Crippen molar-refractivity contribution in [2.24, 2.45) is 11.7 Å². The fraction of sp³-hybridized carbons (Fsp3) is 0.417. The van der Waals surface area contributed by atoms with E-state index in [9.17, 15) is 13.2 Å². The molecule has 0 spiro atoms. The van der Waals surface area contributed by atoms with Gasteiger partial charge in [-0.3, -0.25) is 4.79 Å². The van der Waals surface area contributed by atoms with Gasteiger partial charge in [0.05, 0.1) is 5.02 Å². The van der Waals surface area contributed by atoms with Crippen molar-refractivity contribution in [1.29, 1.82) is 0 Å². The lowest BCUT2D eigenvalue weighted by atomic mass is 10.00. The fourth-order valence-corrected chi connectivity index (χ4v) is 3.42. The molecule has 0 fully saturated rings. The number of amides is 1. The molecule has 3 N–H and O–H groups in total. The van der Waals surface area contributed by atoms with Gasteiger partial charge in [-0.15, -0.1) is 0 Å². The van der Waals surface area contributed by atoms with Crippen LogP contribution in [0.1, 0.15) is 20.3 Å². The third kappa shape index (κ3) is 3.92. The van der Waals surface area contributed by atoms with Gasteiger partial charge in [-0.25, -0.2) is 8.42 Å². The maximum Gasteiger partial charge on any atom is 0.242 e. The van der Waals surface area contributed by atoms with Gasteiger partial charge in [-0.05, 0) is 18.1 Å². The number of carbonyl (C=O) groups excluding carboxylic acids is 1. The van der Waals surface area contributed by atoms with Gasteiger partial charge in [0, 0.05) is 0 Å². The Morgan fingerprint density at radius 2 is 2.00 bits per heavy atom. The van der Waals surface area contributed by atoms with Crippen molar-refractivity contribution < 1.29 is 13.2 Å². The Morgan fingerprint density at radius 3 is 2.47 bits per heavy atom. The number of benzene rings is 1. The Labute approximate surface area is 118 Å². The van der Waals surface area contributed by atoms with Gasteiger partial charge in [0.25, 0.3) is 0 Å². The molecule has 0 aromatic heterocycles. The molecule has 0 aliphatic heterocycles. The minimum absolute atomic E-state index is 0.0637.